The van der Waals surface area contributed by atoms with Gasteiger partial charge in [0.2, 0.25) is 0 Å². The molecular weight excluding hydrogens is 238 g/mol. The van der Waals surface area contributed by atoms with Crippen LogP contribution < -0.4 is 4.74 Å². The topological polar surface area (TPSA) is 21.7 Å². The Morgan fingerprint density at radius 2 is 2.26 bits per heavy atom. The lowest BCUT2D eigenvalue weighted by atomic mass is 9.84. The van der Waals surface area contributed by atoms with Crippen LogP contribution in [0.15, 0.2) is 18.2 Å². The first kappa shape index (κ1) is 12.9. The Bertz CT molecular complexity index is 444. The maximum atomic E-state index is 6.02. The first-order chi connectivity index (χ1) is 9.33. The van der Waals surface area contributed by atoms with Crippen molar-refractivity contribution in [2.24, 2.45) is 0 Å². The van der Waals surface area contributed by atoms with E-state index in [1.165, 1.54) is 24.1 Å². The molecule has 104 valence electrons. The zero-order valence-corrected chi connectivity index (χ0v) is 11.9. The molecule has 3 rings (SSSR count). The Kier molecular flexibility index (Phi) is 3.76. The fourth-order valence-electron chi connectivity index (χ4n) is 3.51. The van der Waals surface area contributed by atoms with E-state index in [4.69, 9.17) is 9.47 Å². The van der Waals surface area contributed by atoms with Crippen LogP contribution in [0.25, 0.3) is 0 Å². The van der Waals surface area contributed by atoms with Crippen LogP contribution in [0.4, 0.5) is 0 Å². The molecule has 19 heavy (non-hydrogen) atoms. The molecule has 3 nitrogen and oxygen atoms in total. The summed E-state index contributed by atoms with van der Waals surface area (Å²) < 4.78 is 11.5. The number of methoxy groups -OCH3 is 1. The van der Waals surface area contributed by atoms with Crippen LogP contribution in [-0.4, -0.2) is 43.9 Å². The van der Waals surface area contributed by atoms with Crippen molar-refractivity contribution in [2.75, 3.05) is 26.8 Å². The van der Waals surface area contributed by atoms with Gasteiger partial charge in [0.05, 0.1) is 19.8 Å². The first-order valence-corrected chi connectivity index (χ1v) is 7.34. The highest BCUT2D eigenvalue weighted by Crippen LogP contribution is 2.34. The zero-order valence-electron chi connectivity index (χ0n) is 11.9. The van der Waals surface area contributed by atoms with Crippen LogP contribution in [0.2, 0.25) is 0 Å². The largest absolute Gasteiger partial charge is 0.496 e. The molecule has 0 spiro atoms. The molecule has 3 heteroatoms. The van der Waals surface area contributed by atoms with E-state index < -0.39 is 0 Å². The number of benzene rings is 1. The van der Waals surface area contributed by atoms with Crippen LogP contribution in [0, 0.1) is 0 Å². The van der Waals surface area contributed by atoms with Crippen molar-refractivity contribution in [1.82, 2.24) is 4.90 Å². The van der Waals surface area contributed by atoms with Crippen LogP contribution in [0.5, 0.6) is 5.75 Å². The summed E-state index contributed by atoms with van der Waals surface area (Å²) in [5, 5.41) is 0. The minimum Gasteiger partial charge on any atom is -0.496 e. The number of fused-ring (bicyclic) bond motifs is 2. The molecule has 2 atom stereocenters. The molecule has 1 aliphatic heterocycles. The number of nitrogens with zero attached hydrogens (tertiary/aromatic N) is 1. The molecule has 0 amide bonds. The predicted molar refractivity (Wildman–Crippen MR) is 75.8 cm³/mol. The molecule has 0 saturated carbocycles. The highest BCUT2D eigenvalue weighted by molar-refractivity contribution is 5.43. The van der Waals surface area contributed by atoms with E-state index in [-0.39, 0.29) is 0 Å². The summed E-state index contributed by atoms with van der Waals surface area (Å²) in [7, 11) is 1.76. The van der Waals surface area contributed by atoms with Gasteiger partial charge in [-0.05, 0) is 36.6 Å². The van der Waals surface area contributed by atoms with E-state index in [1.807, 2.05) is 0 Å². The second-order valence-electron chi connectivity index (χ2n) is 5.52. The highest BCUT2D eigenvalue weighted by atomic mass is 16.5. The van der Waals surface area contributed by atoms with Crippen molar-refractivity contribution in [3.8, 4) is 5.75 Å². The summed E-state index contributed by atoms with van der Waals surface area (Å²) in [5.41, 5.74) is 2.79. The molecular formula is C16H23NO2. The monoisotopic (exact) mass is 261 g/mol. The van der Waals surface area contributed by atoms with Crippen LogP contribution in [-0.2, 0) is 17.6 Å². The Labute approximate surface area is 115 Å². The van der Waals surface area contributed by atoms with Crippen LogP contribution >= 0.6 is 0 Å². The Morgan fingerprint density at radius 1 is 1.37 bits per heavy atom. The van der Waals surface area contributed by atoms with Crippen molar-refractivity contribution in [1.29, 1.82) is 0 Å². The summed E-state index contributed by atoms with van der Waals surface area (Å²) in [5.74, 6) is 1.02. The second-order valence-corrected chi connectivity index (χ2v) is 5.52. The number of rotatable bonds is 3. The molecule has 1 aromatic rings. The summed E-state index contributed by atoms with van der Waals surface area (Å²) in [4.78, 5) is 2.61. The van der Waals surface area contributed by atoms with E-state index >= 15 is 0 Å². The molecule has 1 fully saturated rings. The minimum atomic E-state index is 0.337. The minimum absolute atomic E-state index is 0.337. The lowest BCUT2D eigenvalue weighted by Gasteiger charge is -2.44. The van der Waals surface area contributed by atoms with Gasteiger partial charge in [-0.3, -0.25) is 4.90 Å². The van der Waals surface area contributed by atoms with Gasteiger partial charge in [0.1, 0.15) is 5.75 Å². The molecule has 1 aliphatic carbocycles. The van der Waals surface area contributed by atoms with Crippen LogP contribution in [0.1, 0.15) is 24.5 Å². The average molecular weight is 261 g/mol. The number of hydrogen-bond acceptors (Lipinski definition) is 3. The van der Waals surface area contributed by atoms with Gasteiger partial charge < -0.3 is 9.47 Å². The van der Waals surface area contributed by atoms with Gasteiger partial charge in [0.25, 0.3) is 0 Å². The average Bonchev–Trinajstić information content (AvgIpc) is 2.45. The highest BCUT2D eigenvalue weighted by Gasteiger charge is 2.36. The van der Waals surface area contributed by atoms with E-state index in [0.29, 0.717) is 12.1 Å². The molecule has 1 heterocycles. The fourth-order valence-corrected chi connectivity index (χ4v) is 3.51. The van der Waals surface area contributed by atoms with E-state index in [0.717, 1.165) is 31.7 Å². The predicted octanol–water partition coefficient (Wildman–Crippen LogP) is 2.27. The summed E-state index contributed by atoms with van der Waals surface area (Å²) in [6.45, 7) is 5.38. The summed E-state index contributed by atoms with van der Waals surface area (Å²) in [6.07, 6.45) is 3.64. The normalized spacial score (nSPS) is 26.6. The van der Waals surface area contributed by atoms with Crippen molar-refractivity contribution in [2.45, 2.75) is 38.3 Å². The van der Waals surface area contributed by atoms with Crippen LogP contribution in [0.3, 0.4) is 0 Å². The van der Waals surface area contributed by atoms with Gasteiger partial charge in [-0.15, -0.1) is 0 Å². The van der Waals surface area contributed by atoms with Crippen molar-refractivity contribution in [3.63, 3.8) is 0 Å². The fraction of sp³-hybridized carbons (Fsp3) is 0.625. The van der Waals surface area contributed by atoms with E-state index in [1.54, 1.807) is 7.11 Å². The molecule has 0 aromatic heterocycles. The second kappa shape index (κ2) is 5.51. The molecule has 0 N–H and O–H groups in total. The molecule has 0 radical (unpaired) electrons. The molecule has 1 aromatic carbocycles. The third kappa shape index (κ3) is 2.37. The standard InChI is InChI=1S/C16H23NO2/c1-3-7-17-8-9-19-16-11-13-12(10-14(16)17)5-4-6-15(13)18-2/h4-6,14,16H,3,7-11H2,1-2H3/t14-,16-/m1/s1. The van der Waals surface area contributed by atoms with Gasteiger partial charge >= 0.3 is 0 Å². The maximum absolute atomic E-state index is 6.02. The first-order valence-electron chi connectivity index (χ1n) is 7.34. The Morgan fingerprint density at radius 3 is 3.05 bits per heavy atom. The van der Waals surface area contributed by atoms with Crippen molar-refractivity contribution in [3.05, 3.63) is 29.3 Å². The smallest absolute Gasteiger partial charge is 0.122 e. The lowest BCUT2D eigenvalue weighted by molar-refractivity contribution is -0.0741. The number of morpholine rings is 1. The zero-order chi connectivity index (χ0) is 13.2. The number of ether oxygens (including phenoxy) is 2. The number of hydrogen-bond donors (Lipinski definition) is 0. The summed E-state index contributed by atoms with van der Waals surface area (Å²) >= 11 is 0. The molecule has 1 saturated heterocycles. The summed E-state index contributed by atoms with van der Waals surface area (Å²) in [6, 6.07) is 6.96. The van der Waals surface area contributed by atoms with Gasteiger partial charge in [-0.25, -0.2) is 0 Å². The van der Waals surface area contributed by atoms with Crippen molar-refractivity contribution >= 4 is 0 Å². The Balaban J connectivity index is 1.88. The molecule has 2 aliphatic rings. The molecule has 0 unspecified atom stereocenters. The van der Waals surface area contributed by atoms with Gasteiger partial charge in [0.15, 0.2) is 0 Å². The lowest BCUT2D eigenvalue weighted by Crippen LogP contribution is -2.55. The van der Waals surface area contributed by atoms with Gasteiger partial charge in [-0.1, -0.05) is 19.1 Å². The van der Waals surface area contributed by atoms with Gasteiger partial charge in [-0.2, -0.15) is 0 Å². The molecule has 0 bridgehead atoms. The van der Waals surface area contributed by atoms with E-state index in [2.05, 4.69) is 30.0 Å². The SMILES string of the molecule is CCCN1CCO[C@@H]2Cc3c(cccc3OC)C[C@H]21. The third-order valence-electron chi connectivity index (χ3n) is 4.40. The van der Waals surface area contributed by atoms with Crippen molar-refractivity contribution < 1.29 is 9.47 Å². The van der Waals surface area contributed by atoms with Gasteiger partial charge in [0, 0.05) is 19.0 Å². The third-order valence-corrected chi connectivity index (χ3v) is 4.40. The van der Waals surface area contributed by atoms with E-state index in [9.17, 15) is 0 Å². The quantitative estimate of drug-likeness (QED) is 0.833. The maximum Gasteiger partial charge on any atom is 0.122 e. The Hall–Kier alpha value is -1.06.